The van der Waals surface area contributed by atoms with Crippen LogP contribution < -0.4 is 4.74 Å². The van der Waals surface area contributed by atoms with Crippen LogP contribution in [0.2, 0.25) is 5.02 Å². The van der Waals surface area contributed by atoms with Gasteiger partial charge in [0.25, 0.3) is 0 Å². The molecule has 0 saturated heterocycles. The number of nitrogens with zero attached hydrogens (tertiary/aromatic N) is 3. The minimum absolute atomic E-state index is 0.404. The Kier molecular flexibility index (Phi) is 3.69. The Morgan fingerprint density at radius 1 is 1.16 bits per heavy atom. The maximum atomic E-state index is 5.83. The van der Waals surface area contributed by atoms with Gasteiger partial charge >= 0.3 is 0 Å². The third-order valence-electron chi connectivity index (χ3n) is 3.24. The summed E-state index contributed by atoms with van der Waals surface area (Å²) in [6.45, 7) is 1.38. The molecule has 2 aromatic rings. The van der Waals surface area contributed by atoms with Crippen LogP contribution in [0, 0.1) is 0 Å². The smallest absolute Gasteiger partial charge is 0.188 e. The van der Waals surface area contributed by atoms with Gasteiger partial charge in [-0.15, -0.1) is 0 Å². The number of hydrogen-bond acceptors (Lipinski definition) is 3. The standard InChI is InChI=1S/C14H16ClN3O/c15-11-5-7-12(8-6-11)19-10-13-16-14-4-2-1-3-9-18(14)17-13/h5-8H,1-4,9-10H2. The Balaban J connectivity index is 1.65. The Bertz CT molecular complexity index is 527. The first-order chi connectivity index (χ1) is 9.31. The molecule has 3 rings (SSSR count). The molecule has 5 heteroatoms. The van der Waals surface area contributed by atoms with Crippen molar-refractivity contribution in [3.63, 3.8) is 0 Å². The monoisotopic (exact) mass is 277 g/mol. The van der Waals surface area contributed by atoms with E-state index in [1.165, 1.54) is 19.3 Å². The van der Waals surface area contributed by atoms with Crippen LogP contribution in [0.15, 0.2) is 24.3 Å². The van der Waals surface area contributed by atoms with Crippen LogP contribution in [-0.4, -0.2) is 14.8 Å². The number of benzene rings is 1. The van der Waals surface area contributed by atoms with Crippen LogP contribution in [0.5, 0.6) is 5.75 Å². The number of rotatable bonds is 3. The van der Waals surface area contributed by atoms with E-state index >= 15 is 0 Å². The van der Waals surface area contributed by atoms with Crippen molar-refractivity contribution in [1.82, 2.24) is 14.8 Å². The summed E-state index contributed by atoms with van der Waals surface area (Å²) in [5, 5.41) is 5.21. The highest BCUT2D eigenvalue weighted by molar-refractivity contribution is 6.30. The van der Waals surface area contributed by atoms with Gasteiger partial charge in [0.05, 0.1) is 0 Å². The van der Waals surface area contributed by atoms with Gasteiger partial charge in [-0.1, -0.05) is 18.0 Å². The Hall–Kier alpha value is -1.55. The molecule has 0 N–H and O–H groups in total. The van der Waals surface area contributed by atoms with Crippen LogP contribution in [-0.2, 0) is 19.6 Å². The van der Waals surface area contributed by atoms with Gasteiger partial charge in [-0.05, 0) is 37.1 Å². The zero-order valence-corrected chi connectivity index (χ0v) is 11.4. The van der Waals surface area contributed by atoms with Crippen LogP contribution in [0.1, 0.15) is 30.9 Å². The lowest BCUT2D eigenvalue weighted by Crippen LogP contribution is -2.03. The molecule has 100 valence electrons. The van der Waals surface area contributed by atoms with Gasteiger partial charge in [-0.3, -0.25) is 0 Å². The first-order valence-corrected chi connectivity index (χ1v) is 7.00. The molecule has 0 spiro atoms. The Morgan fingerprint density at radius 2 is 2.00 bits per heavy atom. The van der Waals surface area contributed by atoms with Crippen molar-refractivity contribution in [2.24, 2.45) is 0 Å². The van der Waals surface area contributed by atoms with E-state index in [4.69, 9.17) is 16.3 Å². The zero-order valence-electron chi connectivity index (χ0n) is 10.7. The molecular weight excluding hydrogens is 262 g/mol. The third-order valence-corrected chi connectivity index (χ3v) is 3.50. The topological polar surface area (TPSA) is 39.9 Å². The Morgan fingerprint density at radius 3 is 2.84 bits per heavy atom. The van der Waals surface area contributed by atoms with Gasteiger partial charge in [0.15, 0.2) is 5.82 Å². The van der Waals surface area contributed by atoms with Crippen molar-refractivity contribution in [3.8, 4) is 5.75 Å². The second kappa shape index (κ2) is 5.61. The minimum atomic E-state index is 0.404. The summed E-state index contributed by atoms with van der Waals surface area (Å²) in [5.74, 6) is 2.63. The molecule has 1 aliphatic heterocycles. The number of ether oxygens (including phenoxy) is 1. The summed E-state index contributed by atoms with van der Waals surface area (Å²) in [4.78, 5) is 4.54. The predicted molar refractivity (Wildman–Crippen MR) is 73.4 cm³/mol. The van der Waals surface area contributed by atoms with Crippen molar-refractivity contribution in [1.29, 1.82) is 0 Å². The van der Waals surface area contributed by atoms with Crippen molar-refractivity contribution >= 4 is 11.6 Å². The molecule has 0 fully saturated rings. The van der Waals surface area contributed by atoms with Gasteiger partial charge in [0.2, 0.25) is 0 Å². The minimum Gasteiger partial charge on any atom is -0.486 e. The van der Waals surface area contributed by atoms with Crippen molar-refractivity contribution < 1.29 is 4.74 Å². The number of aromatic nitrogens is 3. The summed E-state index contributed by atoms with van der Waals surface area (Å²) in [7, 11) is 0. The average Bonchev–Trinajstić information content (AvgIpc) is 2.68. The fourth-order valence-electron chi connectivity index (χ4n) is 2.25. The second-order valence-corrected chi connectivity index (χ2v) is 5.16. The molecular formula is C14H16ClN3O. The summed E-state index contributed by atoms with van der Waals surface area (Å²) in [6.07, 6.45) is 4.68. The van der Waals surface area contributed by atoms with E-state index in [9.17, 15) is 0 Å². The Labute approximate surface area is 117 Å². The first kappa shape index (κ1) is 12.5. The normalized spacial score (nSPS) is 14.8. The molecule has 1 aromatic carbocycles. The van der Waals surface area contributed by atoms with E-state index in [1.54, 1.807) is 0 Å². The van der Waals surface area contributed by atoms with E-state index in [1.807, 2.05) is 28.9 Å². The number of halogens is 1. The molecule has 0 radical (unpaired) electrons. The van der Waals surface area contributed by atoms with Crippen molar-refractivity contribution in [2.75, 3.05) is 0 Å². The molecule has 0 aliphatic carbocycles. The number of hydrogen-bond donors (Lipinski definition) is 0. The first-order valence-electron chi connectivity index (χ1n) is 6.62. The molecule has 0 saturated carbocycles. The van der Waals surface area contributed by atoms with Crippen LogP contribution in [0.4, 0.5) is 0 Å². The molecule has 1 aliphatic rings. The fourth-order valence-corrected chi connectivity index (χ4v) is 2.38. The molecule has 0 bridgehead atoms. The highest BCUT2D eigenvalue weighted by Crippen LogP contribution is 2.17. The molecule has 19 heavy (non-hydrogen) atoms. The lowest BCUT2D eigenvalue weighted by Gasteiger charge is -2.03. The maximum absolute atomic E-state index is 5.83. The highest BCUT2D eigenvalue weighted by Gasteiger charge is 2.12. The summed E-state index contributed by atoms with van der Waals surface area (Å²) < 4.78 is 7.68. The fraction of sp³-hybridized carbons (Fsp3) is 0.429. The van der Waals surface area contributed by atoms with E-state index in [0.29, 0.717) is 11.6 Å². The highest BCUT2D eigenvalue weighted by atomic mass is 35.5. The molecule has 0 amide bonds. The lowest BCUT2D eigenvalue weighted by molar-refractivity contribution is 0.295. The molecule has 2 heterocycles. The summed E-state index contributed by atoms with van der Waals surface area (Å²) in [5.41, 5.74) is 0. The van der Waals surface area contributed by atoms with E-state index in [2.05, 4.69) is 10.1 Å². The maximum Gasteiger partial charge on any atom is 0.188 e. The van der Waals surface area contributed by atoms with Crippen molar-refractivity contribution in [3.05, 3.63) is 40.9 Å². The molecule has 4 nitrogen and oxygen atoms in total. The quantitative estimate of drug-likeness (QED) is 0.865. The second-order valence-electron chi connectivity index (χ2n) is 4.72. The largest absolute Gasteiger partial charge is 0.486 e. The van der Waals surface area contributed by atoms with Crippen molar-refractivity contribution in [2.45, 2.75) is 38.8 Å². The molecule has 1 aromatic heterocycles. The summed E-state index contributed by atoms with van der Waals surface area (Å²) >= 11 is 5.83. The van der Waals surface area contributed by atoms with Gasteiger partial charge in [0.1, 0.15) is 18.2 Å². The van der Waals surface area contributed by atoms with Gasteiger partial charge < -0.3 is 4.74 Å². The van der Waals surface area contributed by atoms with Gasteiger partial charge in [-0.2, -0.15) is 5.10 Å². The van der Waals surface area contributed by atoms with E-state index in [-0.39, 0.29) is 0 Å². The average molecular weight is 278 g/mol. The lowest BCUT2D eigenvalue weighted by atomic mass is 10.2. The number of fused-ring (bicyclic) bond motifs is 1. The van der Waals surface area contributed by atoms with Crippen LogP contribution in [0.25, 0.3) is 0 Å². The molecule has 0 atom stereocenters. The van der Waals surface area contributed by atoms with Crippen LogP contribution in [0.3, 0.4) is 0 Å². The summed E-state index contributed by atoms with van der Waals surface area (Å²) in [6, 6.07) is 7.33. The number of aryl methyl sites for hydroxylation is 2. The zero-order chi connectivity index (χ0) is 13.1. The van der Waals surface area contributed by atoms with Gasteiger partial charge in [0, 0.05) is 18.0 Å². The predicted octanol–water partition coefficient (Wildman–Crippen LogP) is 3.24. The van der Waals surface area contributed by atoms with Crippen LogP contribution >= 0.6 is 11.6 Å². The molecule has 0 unspecified atom stereocenters. The third kappa shape index (κ3) is 3.07. The SMILES string of the molecule is Clc1ccc(OCc2nc3n(n2)CCCCC3)cc1. The van der Waals surface area contributed by atoms with E-state index < -0.39 is 0 Å². The van der Waals surface area contributed by atoms with E-state index in [0.717, 1.165) is 30.4 Å². The van der Waals surface area contributed by atoms with Gasteiger partial charge in [-0.25, -0.2) is 9.67 Å².